The molecule has 0 aliphatic heterocycles. The monoisotopic (exact) mass is 337 g/mol. The van der Waals surface area contributed by atoms with Crippen molar-refractivity contribution in [3.63, 3.8) is 0 Å². The molecule has 6 heteroatoms. The lowest BCUT2D eigenvalue weighted by molar-refractivity contribution is -0.138. The van der Waals surface area contributed by atoms with Crippen LogP contribution in [0.25, 0.3) is 0 Å². The lowest BCUT2D eigenvalue weighted by atomic mass is 10.0. The topological polar surface area (TPSA) is 40.5 Å². The molecule has 0 spiro atoms. The van der Waals surface area contributed by atoms with Crippen LogP contribution >= 0.6 is 0 Å². The van der Waals surface area contributed by atoms with Gasteiger partial charge in [-0.25, -0.2) is 0 Å². The van der Waals surface area contributed by atoms with E-state index in [1.54, 1.807) is 24.1 Å². The van der Waals surface area contributed by atoms with Crippen LogP contribution in [0, 0.1) is 6.92 Å². The molecule has 128 valence electrons. The Bertz CT molecular complexity index is 741. The second kappa shape index (κ2) is 6.95. The first kappa shape index (κ1) is 17.8. The van der Waals surface area contributed by atoms with Gasteiger partial charge in [-0.05, 0) is 43.2 Å². The number of hydrogen-bond donors (Lipinski definition) is 1. The van der Waals surface area contributed by atoms with E-state index in [0.29, 0.717) is 17.8 Å². The summed E-state index contributed by atoms with van der Waals surface area (Å²) in [5.74, 6) is -0.913. The molecule has 0 fully saturated rings. The lowest BCUT2D eigenvalue weighted by Gasteiger charge is -2.24. The first-order chi connectivity index (χ1) is 11.2. The molecule has 2 aromatic rings. The molecule has 2 rings (SSSR count). The highest BCUT2D eigenvalue weighted by Gasteiger charge is 2.30. The van der Waals surface area contributed by atoms with Crippen molar-refractivity contribution in [2.24, 2.45) is 0 Å². The molecule has 0 unspecified atom stereocenters. The smallest absolute Gasteiger partial charge is 0.416 e. The fraction of sp³-hybridized carbons (Fsp3) is 0.278. The number of halogens is 3. The summed E-state index contributed by atoms with van der Waals surface area (Å²) in [6.07, 6.45) is -4.13. The third-order valence-corrected chi connectivity index (χ3v) is 3.77. The van der Waals surface area contributed by atoms with Crippen molar-refractivity contribution in [1.29, 1.82) is 0 Å². The fourth-order valence-electron chi connectivity index (χ4n) is 2.51. The Morgan fingerprint density at radius 2 is 1.88 bits per heavy atom. The van der Waals surface area contributed by atoms with Gasteiger partial charge in [-0.15, -0.1) is 0 Å². The average molecular weight is 337 g/mol. The second-order valence-electron chi connectivity index (χ2n) is 5.63. The molecule has 0 aliphatic rings. The van der Waals surface area contributed by atoms with Gasteiger partial charge in [0.15, 0.2) is 0 Å². The Balaban J connectivity index is 2.39. The van der Waals surface area contributed by atoms with Gasteiger partial charge >= 0.3 is 12.1 Å². The number of carboxylic acids is 1. The van der Waals surface area contributed by atoms with Crippen molar-refractivity contribution in [2.75, 3.05) is 11.9 Å². The van der Waals surface area contributed by atoms with E-state index in [0.717, 1.165) is 23.3 Å². The highest BCUT2D eigenvalue weighted by Crippen LogP contribution is 2.34. The van der Waals surface area contributed by atoms with Gasteiger partial charge in [0.05, 0.1) is 5.56 Å². The van der Waals surface area contributed by atoms with Crippen molar-refractivity contribution < 1.29 is 23.1 Å². The Morgan fingerprint density at radius 1 is 1.17 bits per heavy atom. The summed E-state index contributed by atoms with van der Waals surface area (Å²) in [5, 5.41) is 8.88. The van der Waals surface area contributed by atoms with Crippen molar-refractivity contribution in [3.05, 3.63) is 59.2 Å². The van der Waals surface area contributed by atoms with Crippen LogP contribution in [-0.2, 0) is 17.4 Å². The van der Waals surface area contributed by atoms with Gasteiger partial charge in [-0.3, -0.25) is 4.79 Å². The molecule has 0 heterocycles. The zero-order valence-electron chi connectivity index (χ0n) is 13.4. The van der Waals surface area contributed by atoms with Gasteiger partial charge in [0, 0.05) is 24.8 Å². The normalized spacial score (nSPS) is 11.4. The maximum absolute atomic E-state index is 12.9. The molecular formula is C18H18F3NO2. The summed E-state index contributed by atoms with van der Waals surface area (Å²) < 4.78 is 38.7. The van der Waals surface area contributed by atoms with Crippen molar-refractivity contribution in [3.8, 4) is 0 Å². The van der Waals surface area contributed by atoms with Crippen molar-refractivity contribution >= 4 is 17.3 Å². The maximum Gasteiger partial charge on any atom is 0.416 e. The molecule has 3 nitrogen and oxygen atoms in total. The maximum atomic E-state index is 12.9. The number of alkyl halides is 3. The molecule has 1 N–H and O–H groups in total. The minimum absolute atomic E-state index is 0.0348. The summed E-state index contributed by atoms with van der Waals surface area (Å²) in [6, 6.07) is 10.6. The summed E-state index contributed by atoms with van der Waals surface area (Å²) >= 11 is 0. The van der Waals surface area contributed by atoms with Gasteiger partial charge in [-0.2, -0.15) is 13.2 Å². The van der Waals surface area contributed by atoms with E-state index in [2.05, 4.69) is 0 Å². The fourth-order valence-corrected chi connectivity index (χ4v) is 2.51. The molecule has 0 saturated heterocycles. The van der Waals surface area contributed by atoms with Gasteiger partial charge in [0.2, 0.25) is 0 Å². The predicted molar refractivity (Wildman–Crippen MR) is 86.6 cm³/mol. The van der Waals surface area contributed by atoms with Crippen LogP contribution in [-0.4, -0.2) is 18.1 Å². The average Bonchev–Trinajstić information content (AvgIpc) is 2.51. The molecule has 0 amide bonds. The first-order valence-corrected chi connectivity index (χ1v) is 7.41. The van der Waals surface area contributed by atoms with E-state index in [4.69, 9.17) is 5.11 Å². The number of nitrogens with zero attached hydrogens (tertiary/aromatic N) is 1. The van der Waals surface area contributed by atoms with Crippen LogP contribution in [0.3, 0.4) is 0 Å². The molecule has 0 aromatic heterocycles. The molecule has 2 aromatic carbocycles. The SMILES string of the molecule is Cc1ccc(N(C)c2cccc(C(F)(F)F)c2)c(CCC(=O)O)c1. The second-order valence-corrected chi connectivity index (χ2v) is 5.63. The van der Waals surface area contributed by atoms with Crippen LogP contribution < -0.4 is 4.90 Å². The standard InChI is InChI=1S/C18H18F3NO2/c1-12-6-8-16(13(10-12)7-9-17(23)24)22(2)15-5-3-4-14(11-15)18(19,20)21/h3-6,8,10-11H,7,9H2,1-2H3,(H,23,24). The van der Waals surface area contributed by atoms with Crippen molar-refractivity contribution in [2.45, 2.75) is 25.9 Å². The number of hydrogen-bond acceptors (Lipinski definition) is 2. The Morgan fingerprint density at radius 3 is 2.50 bits per heavy atom. The number of aliphatic carboxylic acids is 1. The Hall–Kier alpha value is -2.50. The van der Waals surface area contributed by atoms with E-state index in [-0.39, 0.29) is 6.42 Å². The van der Waals surface area contributed by atoms with E-state index in [1.807, 2.05) is 19.1 Å². The number of benzene rings is 2. The minimum Gasteiger partial charge on any atom is -0.481 e. The van der Waals surface area contributed by atoms with Crippen LogP contribution in [0.4, 0.5) is 24.5 Å². The summed E-state index contributed by atoms with van der Waals surface area (Å²) in [6.45, 7) is 1.89. The molecule has 0 radical (unpaired) electrons. The van der Waals surface area contributed by atoms with Gasteiger partial charge in [0.25, 0.3) is 0 Å². The Labute approximate surface area is 138 Å². The number of rotatable bonds is 5. The zero-order valence-corrected chi connectivity index (χ0v) is 13.4. The van der Waals surface area contributed by atoms with Gasteiger partial charge in [-0.1, -0.05) is 23.8 Å². The number of aryl methyl sites for hydroxylation is 2. The van der Waals surface area contributed by atoms with E-state index < -0.39 is 17.7 Å². The highest BCUT2D eigenvalue weighted by atomic mass is 19.4. The van der Waals surface area contributed by atoms with Crippen LogP contribution in [0.5, 0.6) is 0 Å². The molecule has 0 aliphatic carbocycles. The first-order valence-electron chi connectivity index (χ1n) is 7.41. The number of anilines is 2. The number of carbonyl (C=O) groups is 1. The van der Waals surface area contributed by atoms with Crippen molar-refractivity contribution in [1.82, 2.24) is 0 Å². The quantitative estimate of drug-likeness (QED) is 0.852. The predicted octanol–water partition coefficient (Wildman–Crippen LogP) is 4.80. The summed E-state index contributed by atoms with van der Waals surface area (Å²) in [4.78, 5) is 12.5. The third kappa shape index (κ3) is 4.28. The Kier molecular flexibility index (Phi) is 5.17. The van der Waals surface area contributed by atoms with Gasteiger partial charge in [0.1, 0.15) is 0 Å². The number of carboxylic acid groups (broad SMARTS) is 1. The van der Waals surface area contributed by atoms with Crippen LogP contribution in [0.1, 0.15) is 23.1 Å². The molecule has 0 saturated carbocycles. The lowest BCUT2D eigenvalue weighted by Crippen LogP contribution is -2.14. The molecule has 0 atom stereocenters. The zero-order chi connectivity index (χ0) is 17.9. The highest BCUT2D eigenvalue weighted by molar-refractivity contribution is 5.70. The molecule has 0 bridgehead atoms. The molecular weight excluding hydrogens is 319 g/mol. The minimum atomic E-state index is -4.41. The summed E-state index contributed by atoms with van der Waals surface area (Å²) in [7, 11) is 1.67. The van der Waals surface area contributed by atoms with Crippen LogP contribution in [0.2, 0.25) is 0 Å². The van der Waals surface area contributed by atoms with Crippen LogP contribution in [0.15, 0.2) is 42.5 Å². The third-order valence-electron chi connectivity index (χ3n) is 3.77. The largest absolute Gasteiger partial charge is 0.481 e. The van der Waals surface area contributed by atoms with E-state index in [1.165, 1.54) is 6.07 Å². The van der Waals surface area contributed by atoms with Gasteiger partial charge < -0.3 is 10.0 Å². The molecule has 24 heavy (non-hydrogen) atoms. The summed E-state index contributed by atoms with van der Waals surface area (Å²) in [5.41, 5.74) is 2.13. The van der Waals surface area contributed by atoms with E-state index in [9.17, 15) is 18.0 Å². The van der Waals surface area contributed by atoms with E-state index >= 15 is 0 Å².